The van der Waals surface area contributed by atoms with E-state index in [-0.39, 0.29) is 5.92 Å². The lowest BCUT2D eigenvalue weighted by Crippen LogP contribution is -2.10. The van der Waals surface area contributed by atoms with Gasteiger partial charge in [-0.05, 0) is 42.3 Å². The molecule has 2 heterocycles. The van der Waals surface area contributed by atoms with E-state index in [2.05, 4.69) is 35.8 Å². The van der Waals surface area contributed by atoms with Crippen LogP contribution < -0.4 is 0 Å². The Bertz CT molecular complexity index is 974. The maximum Gasteiger partial charge on any atom is 0.123 e. The third-order valence-electron chi connectivity index (χ3n) is 4.56. The lowest BCUT2D eigenvalue weighted by molar-refractivity contribution is 0.488. The van der Waals surface area contributed by atoms with Crippen molar-refractivity contribution in [3.63, 3.8) is 0 Å². The van der Waals surface area contributed by atoms with Crippen LogP contribution in [-0.4, -0.2) is 9.55 Å². The molecule has 3 nitrogen and oxygen atoms in total. The topological polar surface area (TPSA) is 31.0 Å². The molecule has 0 radical (unpaired) electrons. The first-order valence-electron chi connectivity index (χ1n) is 8.49. The quantitative estimate of drug-likeness (QED) is 0.450. The number of hydrogen-bond acceptors (Lipinski definition) is 2. The molecule has 2 aromatic carbocycles. The molecule has 0 bridgehead atoms. The molecule has 126 valence electrons. The monoisotopic (exact) mass is 350 g/mol. The van der Waals surface area contributed by atoms with Gasteiger partial charge in [0.1, 0.15) is 11.6 Å². The Labute approximate surface area is 151 Å². The van der Waals surface area contributed by atoms with Crippen molar-refractivity contribution >= 4 is 22.6 Å². The Morgan fingerprint density at radius 3 is 2.64 bits per heavy atom. The van der Waals surface area contributed by atoms with Gasteiger partial charge < -0.3 is 8.98 Å². The standard InChI is InChI=1S/C21H19ClN2O/c1-2-18(15-7-4-3-5-8-15)21-23-19-13-16(22)10-11-20(19)24(21)14-17-9-6-12-25-17/h3-13,18H,2,14H2,1H3. The minimum atomic E-state index is 0.224. The van der Waals surface area contributed by atoms with Gasteiger partial charge in [-0.1, -0.05) is 48.9 Å². The van der Waals surface area contributed by atoms with Gasteiger partial charge in [-0.15, -0.1) is 0 Å². The molecular formula is C21H19ClN2O. The Balaban J connectivity index is 1.89. The Morgan fingerprint density at radius 1 is 1.08 bits per heavy atom. The van der Waals surface area contributed by atoms with Crippen molar-refractivity contribution in [3.8, 4) is 0 Å². The summed E-state index contributed by atoms with van der Waals surface area (Å²) in [5, 5.41) is 0.703. The molecule has 2 aromatic heterocycles. The van der Waals surface area contributed by atoms with Crippen LogP contribution in [0, 0.1) is 0 Å². The van der Waals surface area contributed by atoms with Gasteiger partial charge in [-0.3, -0.25) is 0 Å². The fraction of sp³-hybridized carbons (Fsp3) is 0.190. The van der Waals surface area contributed by atoms with Crippen LogP contribution in [0.1, 0.15) is 36.4 Å². The summed E-state index contributed by atoms with van der Waals surface area (Å²) >= 11 is 6.19. The minimum Gasteiger partial charge on any atom is -0.467 e. The van der Waals surface area contributed by atoms with E-state index in [0.29, 0.717) is 11.6 Å². The molecule has 0 saturated carbocycles. The third kappa shape index (κ3) is 3.08. The summed E-state index contributed by atoms with van der Waals surface area (Å²) in [5.41, 5.74) is 3.26. The minimum absolute atomic E-state index is 0.224. The van der Waals surface area contributed by atoms with Gasteiger partial charge in [0.05, 0.1) is 23.8 Å². The van der Waals surface area contributed by atoms with Gasteiger partial charge in [0.15, 0.2) is 0 Å². The summed E-state index contributed by atoms with van der Waals surface area (Å²) in [4.78, 5) is 4.94. The van der Waals surface area contributed by atoms with Crippen LogP contribution in [0.4, 0.5) is 0 Å². The molecule has 0 aliphatic carbocycles. The van der Waals surface area contributed by atoms with Crippen LogP contribution in [0.2, 0.25) is 5.02 Å². The molecular weight excluding hydrogens is 332 g/mol. The predicted molar refractivity (Wildman–Crippen MR) is 101 cm³/mol. The van der Waals surface area contributed by atoms with Crippen molar-refractivity contribution in [3.05, 3.63) is 89.1 Å². The molecule has 1 atom stereocenters. The Kier molecular flexibility index (Phi) is 4.33. The van der Waals surface area contributed by atoms with Gasteiger partial charge in [-0.25, -0.2) is 4.98 Å². The van der Waals surface area contributed by atoms with Crippen LogP contribution >= 0.6 is 11.6 Å². The predicted octanol–water partition coefficient (Wildman–Crippen LogP) is 5.87. The summed E-state index contributed by atoms with van der Waals surface area (Å²) in [6.45, 7) is 2.85. The summed E-state index contributed by atoms with van der Waals surface area (Å²) in [6.07, 6.45) is 2.68. The van der Waals surface area contributed by atoms with E-state index in [4.69, 9.17) is 21.0 Å². The zero-order valence-electron chi connectivity index (χ0n) is 14.0. The van der Waals surface area contributed by atoms with Gasteiger partial charge >= 0.3 is 0 Å². The smallest absolute Gasteiger partial charge is 0.123 e. The summed E-state index contributed by atoms with van der Waals surface area (Å²) in [7, 11) is 0. The molecule has 25 heavy (non-hydrogen) atoms. The Morgan fingerprint density at radius 2 is 1.92 bits per heavy atom. The normalized spacial score (nSPS) is 12.6. The molecule has 1 unspecified atom stereocenters. The highest BCUT2D eigenvalue weighted by atomic mass is 35.5. The zero-order valence-corrected chi connectivity index (χ0v) is 14.8. The highest BCUT2D eigenvalue weighted by Gasteiger charge is 2.21. The van der Waals surface area contributed by atoms with Crippen LogP contribution in [-0.2, 0) is 6.54 Å². The van der Waals surface area contributed by atoms with E-state index < -0.39 is 0 Å². The molecule has 4 heteroatoms. The zero-order chi connectivity index (χ0) is 17.2. The third-order valence-corrected chi connectivity index (χ3v) is 4.79. The number of aromatic nitrogens is 2. The number of fused-ring (bicyclic) bond motifs is 1. The van der Waals surface area contributed by atoms with E-state index in [1.165, 1.54) is 5.56 Å². The van der Waals surface area contributed by atoms with Gasteiger partial charge in [-0.2, -0.15) is 0 Å². The molecule has 0 saturated heterocycles. The number of furan rings is 1. The second-order valence-corrected chi connectivity index (χ2v) is 6.58. The first kappa shape index (κ1) is 16.0. The number of imidazole rings is 1. The van der Waals surface area contributed by atoms with Crippen LogP contribution in [0.5, 0.6) is 0 Å². The van der Waals surface area contributed by atoms with E-state index >= 15 is 0 Å². The number of hydrogen-bond donors (Lipinski definition) is 0. The van der Waals surface area contributed by atoms with Gasteiger partial charge in [0, 0.05) is 10.9 Å². The van der Waals surface area contributed by atoms with Crippen LogP contribution in [0.15, 0.2) is 71.3 Å². The van der Waals surface area contributed by atoms with Crippen molar-refractivity contribution in [1.29, 1.82) is 0 Å². The molecule has 4 aromatic rings. The molecule has 0 N–H and O–H groups in total. The van der Waals surface area contributed by atoms with Crippen molar-refractivity contribution in [2.24, 2.45) is 0 Å². The number of halogens is 1. The second kappa shape index (κ2) is 6.77. The van der Waals surface area contributed by atoms with Crippen LogP contribution in [0.3, 0.4) is 0 Å². The maximum absolute atomic E-state index is 6.19. The summed E-state index contributed by atoms with van der Waals surface area (Å²) in [6, 6.07) is 20.3. The van der Waals surface area contributed by atoms with E-state index in [9.17, 15) is 0 Å². The Hall–Kier alpha value is -2.52. The molecule has 0 spiro atoms. The summed E-state index contributed by atoms with van der Waals surface area (Å²) in [5.74, 6) is 2.18. The lowest BCUT2D eigenvalue weighted by atomic mass is 9.95. The maximum atomic E-state index is 6.19. The lowest BCUT2D eigenvalue weighted by Gasteiger charge is -2.17. The van der Waals surface area contributed by atoms with Gasteiger partial charge in [0.25, 0.3) is 0 Å². The average Bonchev–Trinajstić information content (AvgIpc) is 3.25. The fourth-order valence-electron chi connectivity index (χ4n) is 3.36. The molecule has 0 fully saturated rings. The van der Waals surface area contributed by atoms with Gasteiger partial charge in [0.2, 0.25) is 0 Å². The molecule has 4 rings (SSSR count). The van der Waals surface area contributed by atoms with Crippen molar-refractivity contribution in [1.82, 2.24) is 9.55 Å². The number of rotatable bonds is 5. The summed E-state index contributed by atoms with van der Waals surface area (Å²) < 4.78 is 7.82. The molecule has 0 aliphatic rings. The van der Waals surface area contributed by atoms with E-state index in [0.717, 1.165) is 29.0 Å². The molecule has 0 aliphatic heterocycles. The van der Waals surface area contributed by atoms with Crippen molar-refractivity contribution in [2.45, 2.75) is 25.8 Å². The first-order chi connectivity index (χ1) is 12.3. The largest absolute Gasteiger partial charge is 0.467 e. The first-order valence-corrected chi connectivity index (χ1v) is 8.87. The van der Waals surface area contributed by atoms with Crippen molar-refractivity contribution < 1.29 is 4.42 Å². The highest BCUT2D eigenvalue weighted by molar-refractivity contribution is 6.31. The number of nitrogens with zero attached hydrogens (tertiary/aromatic N) is 2. The fourth-order valence-corrected chi connectivity index (χ4v) is 3.53. The highest BCUT2D eigenvalue weighted by Crippen LogP contribution is 2.31. The van der Waals surface area contributed by atoms with E-state index in [1.807, 2.05) is 36.4 Å². The molecule has 0 amide bonds. The van der Waals surface area contributed by atoms with Crippen LogP contribution in [0.25, 0.3) is 11.0 Å². The SMILES string of the molecule is CCC(c1ccccc1)c1nc2cc(Cl)ccc2n1Cc1ccco1. The second-order valence-electron chi connectivity index (χ2n) is 6.14. The number of benzene rings is 2. The van der Waals surface area contributed by atoms with E-state index in [1.54, 1.807) is 6.26 Å². The average molecular weight is 351 g/mol. The van der Waals surface area contributed by atoms with Crippen molar-refractivity contribution in [2.75, 3.05) is 0 Å².